The summed E-state index contributed by atoms with van der Waals surface area (Å²) in [6, 6.07) is 10.3. The van der Waals surface area contributed by atoms with Crippen molar-refractivity contribution >= 4 is 52.1 Å². The molecule has 1 amide bonds. The summed E-state index contributed by atoms with van der Waals surface area (Å²) < 4.78 is 5.20. The third kappa shape index (κ3) is 4.19. The van der Waals surface area contributed by atoms with E-state index < -0.39 is 0 Å². The Morgan fingerprint density at radius 3 is 2.45 bits per heavy atom. The number of rotatable bonds is 5. The van der Waals surface area contributed by atoms with Gasteiger partial charge in [-0.15, -0.1) is 0 Å². The minimum Gasteiger partial charge on any atom is -0.495 e. The Hall–Kier alpha value is -1.62. The van der Waals surface area contributed by atoms with Gasteiger partial charge in [0.25, 0.3) is 0 Å². The van der Waals surface area contributed by atoms with Gasteiger partial charge in [-0.25, -0.2) is 0 Å². The molecule has 0 aliphatic carbocycles. The Bertz CT molecular complexity index is 692. The number of benzene rings is 2. The summed E-state index contributed by atoms with van der Waals surface area (Å²) >= 11 is 17.8. The second-order valence-corrected chi connectivity index (χ2v) is 5.57. The monoisotopic (exact) mass is 358 g/mol. The first-order valence-electron chi connectivity index (χ1n) is 6.32. The molecule has 0 atom stereocenters. The van der Waals surface area contributed by atoms with Crippen LogP contribution >= 0.6 is 34.8 Å². The Labute approximate surface area is 143 Å². The molecule has 0 spiro atoms. The number of hydrogen-bond acceptors (Lipinski definition) is 3. The summed E-state index contributed by atoms with van der Waals surface area (Å²) in [5.74, 6) is 0.383. The first-order chi connectivity index (χ1) is 10.5. The van der Waals surface area contributed by atoms with Crippen LogP contribution in [0.15, 0.2) is 36.4 Å². The number of methoxy groups -OCH3 is 1. The number of carbonyl (C=O) groups excluding carboxylic acids is 1. The van der Waals surface area contributed by atoms with Gasteiger partial charge in [-0.3, -0.25) is 4.79 Å². The maximum atomic E-state index is 12.0. The van der Waals surface area contributed by atoms with Gasteiger partial charge in [-0.05, 0) is 24.3 Å². The predicted octanol–water partition coefficient (Wildman–Crippen LogP) is 4.71. The number of anilines is 2. The quantitative estimate of drug-likeness (QED) is 0.760. The van der Waals surface area contributed by atoms with Crippen LogP contribution in [0.4, 0.5) is 11.4 Å². The fourth-order valence-electron chi connectivity index (χ4n) is 1.78. The van der Waals surface area contributed by atoms with Gasteiger partial charge in [0, 0.05) is 0 Å². The van der Waals surface area contributed by atoms with Gasteiger partial charge in [-0.2, -0.15) is 0 Å². The van der Waals surface area contributed by atoms with Crippen LogP contribution in [0.5, 0.6) is 5.75 Å². The number of nitrogens with one attached hydrogen (secondary N) is 2. The molecule has 0 fully saturated rings. The molecule has 0 saturated heterocycles. The molecule has 0 saturated carbocycles. The molecule has 0 aromatic heterocycles. The van der Waals surface area contributed by atoms with Crippen LogP contribution in [-0.2, 0) is 4.79 Å². The fourth-order valence-corrected chi connectivity index (χ4v) is 2.37. The van der Waals surface area contributed by atoms with Crippen molar-refractivity contribution in [1.82, 2.24) is 0 Å². The lowest BCUT2D eigenvalue weighted by Crippen LogP contribution is -2.22. The van der Waals surface area contributed by atoms with Crippen molar-refractivity contribution in [2.45, 2.75) is 0 Å². The minimum absolute atomic E-state index is 0.0525. The molecule has 0 bridgehead atoms. The normalized spacial score (nSPS) is 10.2. The largest absolute Gasteiger partial charge is 0.495 e. The van der Waals surface area contributed by atoms with Gasteiger partial charge in [0.1, 0.15) is 5.75 Å². The minimum atomic E-state index is -0.272. The van der Waals surface area contributed by atoms with Crippen LogP contribution in [0.25, 0.3) is 0 Å². The number of carbonyl (C=O) groups is 1. The molecule has 0 aliphatic rings. The molecule has 22 heavy (non-hydrogen) atoms. The molecule has 2 N–H and O–H groups in total. The molecule has 116 valence electrons. The SMILES string of the molecule is COc1ccccc1NCC(=O)Nc1cc(Cl)c(Cl)cc1Cl. The highest BCUT2D eigenvalue weighted by Crippen LogP contribution is 2.32. The number of hydrogen-bond donors (Lipinski definition) is 2. The molecular weight excluding hydrogens is 347 g/mol. The van der Waals surface area contributed by atoms with E-state index in [1.54, 1.807) is 13.2 Å². The van der Waals surface area contributed by atoms with Crippen LogP contribution < -0.4 is 15.4 Å². The first kappa shape index (κ1) is 16.7. The van der Waals surface area contributed by atoms with E-state index in [-0.39, 0.29) is 12.5 Å². The van der Waals surface area contributed by atoms with E-state index in [1.165, 1.54) is 12.1 Å². The number of ether oxygens (including phenoxy) is 1. The lowest BCUT2D eigenvalue weighted by atomic mass is 10.3. The second-order valence-electron chi connectivity index (χ2n) is 4.35. The van der Waals surface area contributed by atoms with Crippen molar-refractivity contribution in [2.24, 2.45) is 0 Å². The van der Waals surface area contributed by atoms with E-state index in [4.69, 9.17) is 39.5 Å². The molecule has 2 aromatic rings. The maximum absolute atomic E-state index is 12.0. The highest BCUT2D eigenvalue weighted by molar-refractivity contribution is 6.44. The van der Waals surface area contributed by atoms with E-state index in [1.807, 2.05) is 18.2 Å². The summed E-state index contributed by atoms with van der Waals surface area (Å²) in [6.07, 6.45) is 0. The first-order valence-corrected chi connectivity index (χ1v) is 7.46. The third-order valence-electron chi connectivity index (χ3n) is 2.83. The van der Waals surface area contributed by atoms with E-state index in [0.717, 1.165) is 5.69 Å². The third-order valence-corrected chi connectivity index (χ3v) is 3.87. The smallest absolute Gasteiger partial charge is 0.243 e. The predicted molar refractivity (Wildman–Crippen MR) is 91.6 cm³/mol. The van der Waals surface area contributed by atoms with Crippen molar-refractivity contribution in [3.05, 3.63) is 51.5 Å². The fraction of sp³-hybridized carbons (Fsp3) is 0.133. The molecule has 4 nitrogen and oxygen atoms in total. The Morgan fingerprint density at radius 2 is 1.73 bits per heavy atom. The number of halogens is 3. The lowest BCUT2D eigenvalue weighted by molar-refractivity contribution is -0.114. The van der Waals surface area contributed by atoms with E-state index in [2.05, 4.69) is 10.6 Å². The van der Waals surface area contributed by atoms with Crippen molar-refractivity contribution < 1.29 is 9.53 Å². The maximum Gasteiger partial charge on any atom is 0.243 e. The average Bonchev–Trinajstić information content (AvgIpc) is 2.51. The standard InChI is InChI=1S/C15H13Cl3N2O2/c1-22-14-5-3-2-4-12(14)19-8-15(21)20-13-7-10(17)9(16)6-11(13)18/h2-7,19H,8H2,1H3,(H,20,21). The highest BCUT2D eigenvalue weighted by atomic mass is 35.5. The molecule has 2 rings (SSSR count). The van der Waals surface area contributed by atoms with E-state index in [9.17, 15) is 4.79 Å². The van der Waals surface area contributed by atoms with Gasteiger partial charge in [0.15, 0.2) is 0 Å². The summed E-state index contributed by atoms with van der Waals surface area (Å²) in [5, 5.41) is 6.63. The lowest BCUT2D eigenvalue weighted by Gasteiger charge is -2.12. The molecule has 7 heteroatoms. The Balaban J connectivity index is 2.00. The zero-order valence-electron chi connectivity index (χ0n) is 11.6. The Kier molecular flexibility index (Phi) is 5.77. The van der Waals surface area contributed by atoms with Crippen LogP contribution in [0.1, 0.15) is 0 Å². The van der Waals surface area contributed by atoms with Crippen LogP contribution in [0.2, 0.25) is 15.1 Å². The van der Waals surface area contributed by atoms with Crippen molar-refractivity contribution in [3.8, 4) is 5.75 Å². The number of para-hydroxylation sites is 2. The van der Waals surface area contributed by atoms with Gasteiger partial charge in [0.2, 0.25) is 5.91 Å². The topological polar surface area (TPSA) is 50.4 Å². The van der Waals surface area contributed by atoms with Crippen molar-refractivity contribution in [1.29, 1.82) is 0 Å². The second kappa shape index (κ2) is 7.58. The van der Waals surface area contributed by atoms with Crippen molar-refractivity contribution in [3.63, 3.8) is 0 Å². The summed E-state index contributed by atoms with van der Waals surface area (Å²) in [7, 11) is 1.57. The van der Waals surface area contributed by atoms with Crippen LogP contribution in [0.3, 0.4) is 0 Å². The van der Waals surface area contributed by atoms with E-state index in [0.29, 0.717) is 26.5 Å². The summed E-state index contributed by atoms with van der Waals surface area (Å²) in [4.78, 5) is 12.0. The van der Waals surface area contributed by atoms with Crippen LogP contribution in [0, 0.1) is 0 Å². The molecule has 0 heterocycles. The van der Waals surface area contributed by atoms with Gasteiger partial charge >= 0.3 is 0 Å². The zero-order valence-corrected chi connectivity index (χ0v) is 13.9. The molecule has 0 radical (unpaired) electrons. The molecule has 2 aromatic carbocycles. The Morgan fingerprint density at radius 1 is 1.05 bits per heavy atom. The van der Waals surface area contributed by atoms with E-state index >= 15 is 0 Å². The average molecular weight is 360 g/mol. The summed E-state index contributed by atoms with van der Waals surface area (Å²) in [5.41, 5.74) is 1.13. The van der Waals surface area contributed by atoms with Gasteiger partial charge in [0.05, 0.1) is 40.1 Å². The highest BCUT2D eigenvalue weighted by Gasteiger charge is 2.10. The summed E-state index contributed by atoms with van der Waals surface area (Å²) in [6.45, 7) is 0.0525. The molecule has 0 unspecified atom stereocenters. The molecule has 0 aliphatic heterocycles. The van der Waals surface area contributed by atoms with Gasteiger partial charge < -0.3 is 15.4 Å². The molecular formula is C15H13Cl3N2O2. The van der Waals surface area contributed by atoms with Crippen molar-refractivity contribution in [2.75, 3.05) is 24.3 Å². The zero-order chi connectivity index (χ0) is 16.1. The van der Waals surface area contributed by atoms with Gasteiger partial charge in [-0.1, -0.05) is 46.9 Å². The number of amides is 1. The van der Waals surface area contributed by atoms with Crippen LogP contribution in [-0.4, -0.2) is 19.6 Å².